The lowest BCUT2D eigenvalue weighted by molar-refractivity contribution is 0.393. The molecule has 0 atom stereocenters. The summed E-state index contributed by atoms with van der Waals surface area (Å²) in [4.78, 5) is 4.38. The largest absolute Gasteiger partial charge is 0.480 e. The average Bonchev–Trinajstić information content (AvgIpc) is 2.98. The van der Waals surface area contributed by atoms with E-state index in [9.17, 15) is 0 Å². The van der Waals surface area contributed by atoms with Crippen molar-refractivity contribution in [3.8, 4) is 23.1 Å². The molecule has 126 valence electrons. The predicted molar refractivity (Wildman–Crippen MR) is 94.2 cm³/mol. The van der Waals surface area contributed by atoms with Crippen LogP contribution in [0.4, 0.5) is 5.69 Å². The summed E-state index contributed by atoms with van der Waals surface area (Å²) in [5, 5.41) is 16.2. The van der Waals surface area contributed by atoms with E-state index in [-0.39, 0.29) is 0 Å². The Morgan fingerprint density at radius 2 is 2.00 bits per heavy atom. The third-order valence-corrected chi connectivity index (χ3v) is 3.93. The molecule has 0 aliphatic heterocycles. The quantitative estimate of drug-likeness (QED) is 0.763. The first-order valence-corrected chi connectivity index (χ1v) is 7.82. The first-order valence-electron chi connectivity index (χ1n) is 7.82. The van der Waals surface area contributed by atoms with E-state index < -0.39 is 0 Å². The monoisotopic (exact) mass is 334 g/mol. The van der Waals surface area contributed by atoms with E-state index in [4.69, 9.17) is 14.5 Å². The van der Waals surface area contributed by atoms with Crippen molar-refractivity contribution in [2.45, 2.75) is 20.4 Å². The van der Waals surface area contributed by atoms with Gasteiger partial charge in [0.05, 0.1) is 30.1 Å². The van der Waals surface area contributed by atoms with Crippen LogP contribution in [-0.4, -0.2) is 17.3 Å². The summed E-state index contributed by atoms with van der Waals surface area (Å²) in [6.45, 7) is 4.37. The van der Waals surface area contributed by atoms with E-state index in [1.807, 2.05) is 32.0 Å². The SMILES string of the molecule is COc1ncc(-c2c(C)noc2C)cc1NCc1ccc(C#N)cc1. The molecule has 0 saturated carbocycles. The zero-order chi connectivity index (χ0) is 17.8. The number of hydrogen-bond acceptors (Lipinski definition) is 6. The highest BCUT2D eigenvalue weighted by Crippen LogP contribution is 2.32. The summed E-state index contributed by atoms with van der Waals surface area (Å²) in [6.07, 6.45) is 1.75. The Bertz CT molecular complexity index is 904. The molecule has 0 bridgehead atoms. The molecule has 1 aromatic carbocycles. The summed E-state index contributed by atoms with van der Waals surface area (Å²) in [5.74, 6) is 1.27. The van der Waals surface area contributed by atoms with Crippen LogP contribution in [0.25, 0.3) is 11.1 Å². The number of benzene rings is 1. The molecule has 0 aliphatic carbocycles. The van der Waals surface area contributed by atoms with Crippen LogP contribution < -0.4 is 10.1 Å². The van der Waals surface area contributed by atoms with Crippen LogP contribution in [0.5, 0.6) is 5.88 Å². The number of pyridine rings is 1. The van der Waals surface area contributed by atoms with E-state index in [1.54, 1.807) is 25.4 Å². The molecule has 0 spiro atoms. The van der Waals surface area contributed by atoms with Crippen LogP contribution in [0, 0.1) is 25.2 Å². The van der Waals surface area contributed by atoms with Gasteiger partial charge in [-0.25, -0.2) is 4.98 Å². The molecular weight excluding hydrogens is 316 g/mol. The zero-order valence-corrected chi connectivity index (χ0v) is 14.3. The fourth-order valence-electron chi connectivity index (χ4n) is 2.67. The number of anilines is 1. The molecule has 0 saturated heterocycles. The number of aryl methyl sites for hydroxylation is 2. The Kier molecular flexibility index (Phi) is 4.66. The van der Waals surface area contributed by atoms with E-state index in [0.29, 0.717) is 18.0 Å². The van der Waals surface area contributed by atoms with Gasteiger partial charge in [0.2, 0.25) is 5.88 Å². The second-order valence-electron chi connectivity index (χ2n) is 5.64. The Morgan fingerprint density at radius 3 is 2.60 bits per heavy atom. The normalized spacial score (nSPS) is 10.3. The topological polar surface area (TPSA) is 84.0 Å². The van der Waals surface area contributed by atoms with Crippen LogP contribution in [-0.2, 0) is 6.54 Å². The molecule has 6 nitrogen and oxygen atoms in total. The van der Waals surface area contributed by atoms with E-state index in [1.165, 1.54) is 0 Å². The van der Waals surface area contributed by atoms with Crippen LogP contribution >= 0.6 is 0 Å². The second kappa shape index (κ2) is 7.05. The number of nitrogens with one attached hydrogen (secondary N) is 1. The van der Waals surface area contributed by atoms with Gasteiger partial charge in [-0.1, -0.05) is 17.3 Å². The summed E-state index contributed by atoms with van der Waals surface area (Å²) in [6, 6.07) is 11.5. The van der Waals surface area contributed by atoms with Crippen LogP contribution in [0.3, 0.4) is 0 Å². The first kappa shape index (κ1) is 16.5. The minimum atomic E-state index is 0.518. The first-order chi connectivity index (χ1) is 12.1. The standard InChI is InChI=1S/C19H18N4O2/c1-12-18(13(2)25-23-12)16-8-17(19(24-3)22-11-16)21-10-15-6-4-14(9-20)5-7-15/h4-8,11,21H,10H2,1-3H3. The molecule has 6 heteroatoms. The van der Waals surface area contributed by atoms with Crippen molar-refractivity contribution < 1.29 is 9.26 Å². The number of methoxy groups -OCH3 is 1. The predicted octanol–water partition coefficient (Wildman–Crippen LogP) is 3.85. The molecule has 3 rings (SSSR count). The van der Waals surface area contributed by atoms with Crippen LogP contribution in [0.2, 0.25) is 0 Å². The van der Waals surface area contributed by atoms with E-state index in [2.05, 4.69) is 21.5 Å². The van der Waals surface area contributed by atoms with Gasteiger partial charge in [0.1, 0.15) is 5.76 Å². The average molecular weight is 334 g/mol. The second-order valence-corrected chi connectivity index (χ2v) is 5.64. The third kappa shape index (κ3) is 3.45. The number of ether oxygens (including phenoxy) is 1. The molecule has 0 aliphatic rings. The van der Waals surface area contributed by atoms with Gasteiger partial charge in [-0.15, -0.1) is 0 Å². The number of hydrogen-bond donors (Lipinski definition) is 1. The summed E-state index contributed by atoms with van der Waals surface area (Å²) in [5.41, 5.74) is 5.16. The van der Waals surface area contributed by atoms with Gasteiger partial charge >= 0.3 is 0 Å². The van der Waals surface area contributed by atoms with Crippen molar-refractivity contribution in [3.05, 3.63) is 59.1 Å². The summed E-state index contributed by atoms with van der Waals surface area (Å²) < 4.78 is 10.6. The molecule has 2 heterocycles. The third-order valence-electron chi connectivity index (χ3n) is 3.93. The van der Waals surface area contributed by atoms with Crippen molar-refractivity contribution in [1.29, 1.82) is 5.26 Å². The van der Waals surface area contributed by atoms with Crippen molar-refractivity contribution in [2.24, 2.45) is 0 Å². The molecule has 0 amide bonds. The van der Waals surface area contributed by atoms with Crippen LogP contribution in [0.15, 0.2) is 41.1 Å². The Morgan fingerprint density at radius 1 is 1.24 bits per heavy atom. The van der Waals surface area contributed by atoms with Gasteiger partial charge in [-0.3, -0.25) is 0 Å². The number of rotatable bonds is 5. The molecule has 1 N–H and O–H groups in total. The molecule has 0 fully saturated rings. The lowest BCUT2D eigenvalue weighted by Gasteiger charge is -2.12. The maximum Gasteiger partial charge on any atom is 0.237 e. The van der Waals surface area contributed by atoms with Crippen molar-refractivity contribution in [1.82, 2.24) is 10.1 Å². The van der Waals surface area contributed by atoms with E-state index in [0.717, 1.165) is 33.8 Å². The van der Waals surface area contributed by atoms with Gasteiger partial charge in [-0.05, 0) is 37.6 Å². The number of nitriles is 1. The highest BCUT2D eigenvalue weighted by molar-refractivity contribution is 5.72. The Hall–Kier alpha value is -3.33. The number of nitrogens with zero attached hydrogens (tertiary/aromatic N) is 3. The molecule has 0 unspecified atom stereocenters. The molecule has 25 heavy (non-hydrogen) atoms. The highest BCUT2D eigenvalue weighted by atomic mass is 16.5. The van der Waals surface area contributed by atoms with Crippen molar-refractivity contribution >= 4 is 5.69 Å². The molecular formula is C19H18N4O2. The van der Waals surface area contributed by atoms with Crippen molar-refractivity contribution in [2.75, 3.05) is 12.4 Å². The smallest absolute Gasteiger partial charge is 0.237 e. The highest BCUT2D eigenvalue weighted by Gasteiger charge is 2.14. The molecule has 3 aromatic rings. The van der Waals surface area contributed by atoms with Crippen molar-refractivity contribution in [3.63, 3.8) is 0 Å². The fourth-order valence-corrected chi connectivity index (χ4v) is 2.67. The van der Waals surface area contributed by atoms with Gasteiger partial charge < -0.3 is 14.6 Å². The Balaban J connectivity index is 1.86. The maximum absolute atomic E-state index is 8.87. The summed E-state index contributed by atoms with van der Waals surface area (Å²) >= 11 is 0. The van der Waals surface area contributed by atoms with Gasteiger partial charge in [-0.2, -0.15) is 5.26 Å². The van der Waals surface area contributed by atoms with E-state index >= 15 is 0 Å². The van der Waals surface area contributed by atoms with Gasteiger partial charge in [0.15, 0.2) is 0 Å². The molecule has 0 radical (unpaired) electrons. The lowest BCUT2D eigenvalue weighted by atomic mass is 10.1. The Labute approximate surface area is 146 Å². The maximum atomic E-state index is 8.87. The fraction of sp³-hybridized carbons (Fsp3) is 0.211. The summed E-state index contributed by atoms with van der Waals surface area (Å²) in [7, 11) is 1.59. The zero-order valence-electron chi connectivity index (χ0n) is 14.3. The minimum absolute atomic E-state index is 0.518. The minimum Gasteiger partial charge on any atom is -0.480 e. The lowest BCUT2D eigenvalue weighted by Crippen LogP contribution is -2.03. The van der Waals surface area contributed by atoms with Gasteiger partial charge in [0.25, 0.3) is 0 Å². The van der Waals surface area contributed by atoms with Gasteiger partial charge in [0, 0.05) is 23.9 Å². The molecule has 2 aromatic heterocycles. The number of aromatic nitrogens is 2. The van der Waals surface area contributed by atoms with Crippen LogP contribution in [0.1, 0.15) is 22.6 Å².